The van der Waals surface area contributed by atoms with Gasteiger partial charge in [-0.3, -0.25) is 4.79 Å². The maximum absolute atomic E-state index is 13.4. The average Bonchev–Trinajstić information content (AvgIpc) is 2.34. The number of carbonyl (C=O) groups excluding carboxylic acids is 1. The highest BCUT2D eigenvalue weighted by Crippen LogP contribution is 2.22. The number of hydrogen-bond acceptors (Lipinski definition) is 2. The zero-order valence-electron chi connectivity index (χ0n) is 11.1. The zero-order chi connectivity index (χ0) is 13.7. The lowest BCUT2D eigenvalue weighted by Gasteiger charge is -2.22. The maximum Gasteiger partial charge on any atom is 0.251 e. The topological polar surface area (TPSA) is 55.1 Å². The summed E-state index contributed by atoms with van der Waals surface area (Å²) in [6, 6.07) is 4.88. The first-order valence-corrected chi connectivity index (χ1v) is 7.02. The van der Waals surface area contributed by atoms with Crippen molar-refractivity contribution in [2.24, 2.45) is 5.73 Å². The fourth-order valence-electron chi connectivity index (χ4n) is 2.64. The average molecular weight is 264 g/mol. The molecule has 3 N–H and O–H groups in total. The predicted octanol–water partition coefficient (Wildman–Crippen LogP) is 3.45. The summed E-state index contributed by atoms with van der Waals surface area (Å²) in [5, 5.41) is 3.40. The minimum absolute atomic E-state index is 0.0455. The summed E-state index contributed by atoms with van der Waals surface area (Å²) in [6.07, 6.45) is 8.60. The molecule has 0 unspecified atom stereocenters. The molecule has 1 amide bonds. The van der Waals surface area contributed by atoms with E-state index in [0.717, 1.165) is 18.5 Å². The Hall–Kier alpha value is -1.58. The van der Waals surface area contributed by atoms with Gasteiger partial charge in [0.15, 0.2) is 0 Å². The molecule has 0 saturated heterocycles. The summed E-state index contributed by atoms with van der Waals surface area (Å²) in [7, 11) is 0. The van der Waals surface area contributed by atoms with Crippen LogP contribution in [0.1, 0.15) is 55.3 Å². The van der Waals surface area contributed by atoms with Gasteiger partial charge in [0, 0.05) is 11.7 Å². The Labute approximate surface area is 113 Å². The first kappa shape index (κ1) is 13.8. The molecule has 104 valence electrons. The summed E-state index contributed by atoms with van der Waals surface area (Å²) in [5.41, 5.74) is 5.89. The fourth-order valence-corrected chi connectivity index (χ4v) is 2.64. The molecule has 2 rings (SSSR count). The van der Waals surface area contributed by atoms with Crippen LogP contribution in [0.3, 0.4) is 0 Å². The number of benzene rings is 1. The van der Waals surface area contributed by atoms with Gasteiger partial charge >= 0.3 is 0 Å². The van der Waals surface area contributed by atoms with Crippen LogP contribution in [0.5, 0.6) is 0 Å². The van der Waals surface area contributed by atoms with E-state index in [-0.39, 0.29) is 5.56 Å². The summed E-state index contributed by atoms with van der Waals surface area (Å²) in [6.45, 7) is 0. The molecule has 1 aromatic rings. The first-order chi connectivity index (χ1) is 9.16. The van der Waals surface area contributed by atoms with E-state index in [0.29, 0.717) is 6.04 Å². The molecule has 0 bridgehead atoms. The van der Waals surface area contributed by atoms with Crippen LogP contribution >= 0.6 is 0 Å². The summed E-state index contributed by atoms with van der Waals surface area (Å²) in [4.78, 5) is 11.1. The number of hydrogen-bond donors (Lipinski definition) is 2. The Morgan fingerprint density at radius 2 is 1.79 bits per heavy atom. The molecule has 0 aromatic heterocycles. The van der Waals surface area contributed by atoms with E-state index in [4.69, 9.17) is 5.73 Å². The second-order valence-electron chi connectivity index (χ2n) is 5.25. The van der Waals surface area contributed by atoms with Crippen molar-refractivity contribution >= 4 is 11.6 Å². The molecule has 1 aliphatic carbocycles. The molecule has 4 heteroatoms. The second-order valence-corrected chi connectivity index (χ2v) is 5.25. The summed E-state index contributed by atoms with van der Waals surface area (Å²) >= 11 is 0. The highest BCUT2D eigenvalue weighted by atomic mass is 19.1. The van der Waals surface area contributed by atoms with E-state index in [1.54, 1.807) is 6.07 Å². The largest absolute Gasteiger partial charge is 0.382 e. The number of carbonyl (C=O) groups is 1. The van der Waals surface area contributed by atoms with Gasteiger partial charge in [-0.1, -0.05) is 32.1 Å². The van der Waals surface area contributed by atoms with Gasteiger partial charge in [-0.2, -0.15) is 0 Å². The van der Waals surface area contributed by atoms with Crippen LogP contribution in [0, 0.1) is 5.82 Å². The Balaban J connectivity index is 2.05. The molecule has 19 heavy (non-hydrogen) atoms. The van der Waals surface area contributed by atoms with E-state index >= 15 is 0 Å². The molecule has 1 aliphatic rings. The number of nitrogens with two attached hydrogens (primary N) is 1. The highest BCUT2D eigenvalue weighted by Gasteiger charge is 2.13. The van der Waals surface area contributed by atoms with Crippen LogP contribution < -0.4 is 11.1 Å². The van der Waals surface area contributed by atoms with Gasteiger partial charge in [0.2, 0.25) is 0 Å². The number of nitrogens with one attached hydrogen (secondary N) is 1. The molecule has 0 heterocycles. The third-order valence-corrected chi connectivity index (χ3v) is 3.71. The third kappa shape index (κ3) is 3.94. The lowest BCUT2D eigenvalue weighted by molar-refractivity contribution is 0.0996. The number of amides is 1. The minimum atomic E-state index is -0.723. The van der Waals surface area contributed by atoms with Crippen molar-refractivity contribution in [2.45, 2.75) is 51.0 Å². The van der Waals surface area contributed by atoms with Gasteiger partial charge in [0.25, 0.3) is 5.91 Å². The van der Waals surface area contributed by atoms with Crippen molar-refractivity contribution < 1.29 is 9.18 Å². The van der Waals surface area contributed by atoms with E-state index in [1.807, 2.05) is 0 Å². The molecule has 1 fully saturated rings. The van der Waals surface area contributed by atoms with Crippen molar-refractivity contribution in [2.75, 3.05) is 5.32 Å². The SMILES string of the molecule is NC(=O)c1cc(NC2CCCCCCC2)ccc1F. The van der Waals surface area contributed by atoms with Crippen LogP contribution in [-0.4, -0.2) is 11.9 Å². The smallest absolute Gasteiger partial charge is 0.251 e. The molecular weight excluding hydrogens is 243 g/mol. The van der Waals surface area contributed by atoms with Crippen LogP contribution in [-0.2, 0) is 0 Å². The van der Waals surface area contributed by atoms with Crippen LogP contribution in [0.15, 0.2) is 18.2 Å². The lowest BCUT2D eigenvalue weighted by atomic mass is 9.96. The Bertz CT molecular complexity index is 440. The Kier molecular flexibility index (Phi) is 4.77. The minimum Gasteiger partial charge on any atom is -0.382 e. The quantitative estimate of drug-likeness (QED) is 0.878. The van der Waals surface area contributed by atoms with Gasteiger partial charge in [-0.05, 0) is 31.0 Å². The van der Waals surface area contributed by atoms with E-state index in [1.165, 1.54) is 44.2 Å². The predicted molar refractivity (Wildman–Crippen MR) is 74.6 cm³/mol. The molecule has 0 radical (unpaired) electrons. The number of anilines is 1. The van der Waals surface area contributed by atoms with Gasteiger partial charge in [-0.15, -0.1) is 0 Å². The van der Waals surface area contributed by atoms with E-state index in [9.17, 15) is 9.18 Å². The molecule has 0 aliphatic heterocycles. The monoisotopic (exact) mass is 264 g/mol. The van der Waals surface area contributed by atoms with Crippen molar-refractivity contribution in [1.29, 1.82) is 0 Å². The first-order valence-electron chi connectivity index (χ1n) is 7.02. The van der Waals surface area contributed by atoms with Crippen LogP contribution in [0.4, 0.5) is 10.1 Å². The van der Waals surface area contributed by atoms with Gasteiger partial charge in [0.1, 0.15) is 5.82 Å². The molecular formula is C15H21FN2O. The number of primary amides is 1. The molecule has 0 spiro atoms. The van der Waals surface area contributed by atoms with Gasteiger partial charge < -0.3 is 11.1 Å². The van der Waals surface area contributed by atoms with Crippen molar-refractivity contribution in [3.63, 3.8) is 0 Å². The Morgan fingerprint density at radius 1 is 1.16 bits per heavy atom. The summed E-state index contributed by atoms with van der Waals surface area (Å²) in [5.74, 6) is -1.28. The standard InChI is InChI=1S/C15H21FN2O/c16-14-9-8-12(10-13(14)15(17)19)18-11-6-4-2-1-3-5-7-11/h8-11,18H,1-7H2,(H2,17,19). The lowest BCUT2D eigenvalue weighted by Crippen LogP contribution is -2.21. The third-order valence-electron chi connectivity index (χ3n) is 3.71. The molecule has 1 saturated carbocycles. The maximum atomic E-state index is 13.4. The van der Waals surface area contributed by atoms with Crippen LogP contribution in [0.25, 0.3) is 0 Å². The summed E-state index contributed by atoms with van der Waals surface area (Å²) < 4.78 is 13.4. The van der Waals surface area contributed by atoms with Crippen molar-refractivity contribution in [1.82, 2.24) is 0 Å². The van der Waals surface area contributed by atoms with Crippen LogP contribution in [0.2, 0.25) is 0 Å². The molecule has 3 nitrogen and oxygen atoms in total. The zero-order valence-corrected chi connectivity index (χ0v) is 11.1. The molecule has 1 aromatic carbocycles. The second kappa shape index (κ2) is 6.55. The van der Waals surface area contributed by atoms with Crippen molar-refractivity contribution in [3.05, 3.63) is 29.6 Å². The number of rotatable bonds is 3. The molecule has 0 atom stereocenters. The fraction of sp³-hybridized carbons (Fsp3) is 0.533. The normalized spacial score (nSPS) is 17.5. The van der Waals surface area contributed by atoms with E-state index in [2.05, 4.69) is 5.32 Å². The van der Waals surface area contributed by atoms with Gasteiger partial charge in [-0.25, -0.2) is 4.39 Å². The highest BCUT2D eigenvalue weighted by molar-refractivity contribution is 5.94. The van der Waals surface area contributed by atoms with Crippen molar-refractivity contribution in [3.8, 4) is 0 Å². The Morgan fingerprint density at radius 3 is 2.42 bits per heavy atom. The number of halogens is 1. The van der Waals surface area contributed by atoms with Gasteiger partial charge in [0.05, 0.1) is 5.56 Å². The van der Waals surface area contributed by atoms with E-state index < -0.39 is 11.7 Å².